The summed E-state index contributed by atoms with van der Waals surface area (Å²) in [5.41, 5.74) is 6.81. The van der Waals surface area contributed by atoms with E-state index in [1.54, 1.807) is 0 Å². The molecule has 0 aromatic heterocycles. The Morgan fingerprint density at radius 1 is 1.04 bits per heavy atom. The minimum absolute atomic E-state index is 0.181. The number of nitrogens with zero attached hydrogens (tertiary/aromatic N) is 1. The van der Waals surface area contributed by atoms with Gasteiger partial charge in [-0.3, -0.25) is 4.90 Å². The monoisotopic (exact) mass is 365 g/mol. The highest BCUT2D eigenvalue weighted by molar-refractivity contribution is 5.41. The molecule has 0 saturated heterocycles. The van der Waals surface area contributed by atoms with Crippen LogP contribution in [0.2, 0.25) is 0 Å². The van der Waals surface area contributed by atoms with Gasteiger partial charge in [0.05, 0.1) is 13.2 Å². The summed E-state index contributed by atoms with van der Waals surface area (Å²) in [6.45, 7) is 13.4. The standard InChI is InChI=1S/C24H31NO2/c1-17(2)22-12-21-15-26-14-20(21)11-18(22)9-10-25-13-19-7-5-6-8-23(19)27-24(3,4)16-25/h5-8,11-12,17H,9-10,13-16H2,1-4H3. The van der Waals surface area contributed by atoms with E-state index >= 15 is 0 Å². The number of para-hydroxylation sites is 1. The average molecular weight is 366 g/mol. The van der Waals surface area contributed by atoms with Crippen molar-refractivity contribution in [1.82, 2.24) is 4.90 Å². The summed E-state index contributed by atoms with van der Waals surface area (Å²) in [6, 6.07) is 13.2. The Hall–Kier alpha value is -1.84. The minimum atomic E-state index is -0.181. The summed E-state index contributed by atoms with van der Waals surface area (Å²) in [7, 11) is 0. The van der Waals surface area contributed by atoms with Crippen molar-refractivity contribution in [2.45, 2.75) is 65.4 Å². The molecule has 2 aliphatic heterocycles. The van der Waals surface area contributed by atoms with Crippen LogP contribution in [0.25, 0.3) is 0 Å². The van der Waals surface area contributed by atoms with Crippen molar-refractivity contribution in [3.05, 3.63) is 64.2 Å². The second-order valence-electron chi connectivity index (χ2n) is 8.90. The molecule has 0 saturated carbocycles. The number of hydrogen-bond acceptors (Lipinski definition) is 3. The van der Waals surface area contributed by atoms with Gasteiger partial charge in [0.1, 0.15) is 11.4 Å². The zero-order valence-corrected chi connectivity index (χ0v) is 17.0. The van der Waals surface area contributed by atoms with Gasteiger partial charge in [-0.1, -0.05) is 44.2 Å². The lowest BCUT2D eigenvalue weighted by Crippen LogP contribution is -2.41. The zero-order valence-electron chi connectivity index (χ0n) is 17.0. The molecule has 4 rings (SSSR count). The molecule has 0 aliphatic carbocycles. The second kappa shape index (κ2) is 7.29. The smallest absolute Gasteiger partial charge is 0.124 e. The first kappa shape index (κ1) is 18.5. The third kappa shape index (κ3) is 4.04. The summed E-state index contributed by atoms with van der Waals surface area (Å²) in [5.74, 6) is 1.57. The van der Waals surface area contributed by atoms with Crippen molar-refractivity contribution in [3.8, 4) is 5.75 Å². The molecule has 2 aromatic carbocycles. The summed E-state index contributed by atoms with van der Waals surface area (Å²) >= 11 is 0. The molecule has 2 aromatic rings. The van der Waals surface area contributed by atoms with Crippen LogP contribution in [0.1, 0.15) is 61.4 Å². The van der Waals surface area contributed by atoms with Gasteiger partial charge in [-0.15, -0.1) is 0 Å². The van der Waals surface area contributed by atoms with Gasteiger partial charge < -0.3 is 9.47 Å². The van der Waals surface area contributed by atoms with Crippen LogP contribution in [0.4, 0.5) is 0 Å². The van der Waals surface area contributed by atoms with E-state index < -0.39 is 0 Å². The van der Waals surface area contributed by atoms with Crippen LogP contribution in [0, 0.1) is 0 Å². The van der Waals surface area contributed by atoms with E-state index in [9.17, 15) is 0 Å². The molecule has 3 nitrogen and oxygen atoms in total. The molecule has 2 aliphatic rings. The predicted molar refractivity (Wildman–Crippen MR) is 109 cm³/mol. The van der Waals surface area contributed by atoms with Crippen molar-refractivity contribution in [2.75, 3.05) is 13.1 Å². The highest BCUT2D eigenvalue weighted by Crippen LogP contribution is 2.31. The van der Waals surface area contributed by atoms with Crippen LogP contribution in [-0.2, 0) is 30.9 Å². The maximum absolute atomic E-state index is 6.29. The summed E-state index contributed by atoms with van der Waals surface area (Å²) in [5, 5.41) is 0. The van der Waals surface area contributed by atoms with Crippen LogP contribution in [0.15, 0.2) is 36.4 Å². The quantitative estimate of drug-likeness (QED) is 0.756. The lowest BCUT2D eigenvalue weighted by Gasteiger charge is -2.30. The van der Waals surface area contributed by atoms with Crippen molar-refractivity contribution >= 4 is 0 Å². The van der Waals surface area contributed by atoms with Crippen molar-refractivity contribution in [3.63, 3.8) is 0 Å². The molecule has 0 radical (unpaired) electrons. The Morgan fingerprint density at radius 2 is 1.78 bits per heavy atom. The fourth-order valence-electron chi connectivity index (χ4n) is 4.39. The third-order valence-electron chi connectivity index (χ3n) is 5.65. The molecule has 144 valence electrons. The first-order valence-corrected chi connectivity index (χ1v) is 10.1. The van der Waals surface area contributed by atoms with Crippen molar-refractivity contribution < 1.29 is 9.47 Å². The first-order chi connectivity index (χ1) is 12.9. The maximum Gasteiger partial charge on any atom is 0.124 e. The van der Waals surface area contributed by atoms with E-state index in [2.05, 4.69) is 69.0 Å². The molecule has 0 amide bonds. The molecule has 2 heterocycles. The number of rotatable bonds is 4. The van der Waals surface area contributed by atoms with E-state index in [1.165, 1.54) is 27.8 Å². The van der Waals surface area contributed by atoms with Gasteiger partial charge in [-0.25, -0.2) is 0 Å². The largest absolute Gasteiger partial charge is 0.486 e. The van der Waals surface area contributed by atoms with Crippen LogP contribution in [0.3, 0.4) is 0 Å². The third-order valence-corrected chi connectivity index (χ3v) is 5.65. The molecule has 3 heteroatoms. The Labute approximate surface area is 163 Å². The molecule has 27 heavy (non-hydrogen) atoms. The number of ether oxygens (including phenoxy) is 2. The molecule has 0 unspecified atom stereocenters. The van der Waals surface area contributed by atoms with Crippen LogP contribution < -0.4 is 4.74 Å². The van der Waals surface area contributed by atoms with Crippen LogP contribution in [-0.4, -0.2) is 23.6 Å². The van der Waals surface area contributed by atoms with E-state index in [1.807, 2.05) is 0 Å². The summed E-state index contributed by atoms with van der Waals surface area (Å²) < 4.78 is 11.9. The van der Waals surface area contributed by atoms with E-state index in [0.717, 1.165) is 45.0 Å². The molecule has 0 spiro atoms. The predicted octanol–water partition coefficient (Wildman–Crippen LogP) is 5.06. The van der Waals surface area contributed by atoms with Gasteiger partial charge in [0, 0.05) is 25.2 Å². The SMILES string of the molecule is CC(C)c1cc2c(cc1CCN1Cc3ccccc3OC(C)(C)C1)COC2. The van der Waals surface area contributed by atoms with Crippen molar-refractivity contribution in [2.24, 2.45) is 0 Å². The summed E-state index contributed by atoms with van der Waals surface area (Å²) in [4.78, 5) is 2.54. The molecule has 0 atom stereocenters. The fraction of sp³-hybridized carbons (Fsp3) is 0.500. The maximum atomic E-state index is 6.29. The molecule has 0 N–H and O–H groups in total. The van der Waals surface area contributed by atoms with E-state index in [4.69, 9.17) is 9.47 Å². The Balaban J connectivity index is 1.55. The average Bonchev–Trinajstić information content (AvgIpc) is 3.01. The van der Waals surface area contributed by atoms with Crippen LogP contribution in [0.5, 0.6) is 5.75 Å². The van der Waals surface area contributed by atoms with E-state index in [-0.39, 0.29) is 5.60 Å². The number of hydrogen-bond donors (Lipinski definition) is 0. The minimum Gasteiger partial charge on any atom is -0.486 e. The van der Waals surface area contributed by atoms with Gasteiger partial charge in [0.25, 0.3) is 0 Å². The Kier molecular flexibility index (Phi) is 5.00. The number of benzene rings is 2. The van der Waals surface area contributed by atoms with Gasteiger partial charge in [-0.2, -0.15) is 0 Å². The Bertz CT molecular complexity index is 825. The summed E-state index contributed by atoms with van der Waals surface area (Å²) in [6.07, 6.45) is 1.07. The van der Waals surface area contributed by atoms with Gasteiger partial charge in [-0.05, 0) is 54.5 Å². The second-order valence-corrected chi connectivity index (χ2v) is 8.90. The molecule has 0 fully saturated rings. The van der Waals surface area contributed by atoms with E-state index in [0.29, 0.717) is 5.92 Å². The first-order valence-electron chi connectivity index (χ1n) is 10.1. The van der Waals surface area contributed by atoms with Gasteiger partial charge >= 0.3 is 0 Å². The van der Waals surface area contributed by atoms with Gasteiger partial charge in [0.2, 0.25) is 0 Å². The highest BCUT2D eigenvalue weighted by atomic mass is 16.5. The normalized spacial score (nSPS) is 18.7. The lowest BCUT2D eigenvalue weighted by molar-refractivity contribution is 0.0715. The number of fused-ring (bicyclic) bond motifs is 2. The van der Waals surface area contributed by atoms with Crippen molar-refractivity contribution in [1.29, 1.82) is 0 Å². The fourth-order valence-corrected chi connectivity index (χ4v) is 4.39. The van der Waals surface area contributed by atoms with Crippen LogP contribution >= 0.6 is 0 Å². The Morgan fingerprint density at radius 3 is 2.56 bits per heavy atom. The topological polar surface area (TPSA) is 21.7 Å². The van der Waals surface area contributed by atoms with Gasteiger partial charge in [0.15, 0.2) is 0 Å². The molecular weight excluding hydrogens is 334 g/mol. The molecule has 0 bridgehead atoms. The molecular formula is C24H31NO2. The lowest BCUT2D eigenvalue weighted by atomic mass is 9.91. The zero-order chi connectivity index (χ0) is 19.0. The highest BCUT2D eigenvalue weighted by Gasteiger charge is 2.29.